The number of hydrogen-bond acceptors (Lipinski definition) is 8. The number of carbonyl (C=O) groups excluding carboxylic acids is 1. The van der Waals surface area contributed by atoms with E-state index in [1.165, 1.54) is 11.3 Å². The average molecular weight is 467 g/mol. The van der Waals surface area contributed by atoms with Gasteiger partial charge in [-0.05, 0) is 68.4 Å². The van der Waals surface area contributed by atoms with Crippen molar-refractivity contribution in [3.8, 4) is 5.75 Å². The number of ether oxygens (including phenoxy) is 1. The number of nitrogens with one attached hydrogen (secondary N) is 1. The van der Waals surface area contributed by atoms with Crippen LogP contribution in [0.15, 0.2) is 49.1 Å². The fourth-order valence-electron chi connectivity index (χ4n) is 3.21. The van der Waals surface area contributed by atoms with E-state index in [9.17, 15) is 4.79 Å². The van der Waals surface area contributed by atoms with Crippen LogP contribution in [0.3, 0.4) is 0 Å². The first-order valence-corrected chi connectivity index (χ1v) is 12.0. The smallest absolute Gasteiger partial charge is 0.229 e. The van der Waals surface area contributed by atoms with E-state index in [4.69, 9.17) is 10.5 Å². The summed E-state index contributed by atoms with van der Waals surface area (Å²) in [6.07, 6.45) is 8.81. The molecule has 2 aromatic heterocycles. The number of rotatable bonds is 14. The predicted molar refractivity (Wildman–Crippen MR) is 131 cm³/mol. The van der Waals surface area contributed by atoms with Gasteiger partial charge in [-0.1, -0.05) is 29.5 Å². The van der Waals surface area contributed by atoms with Crippen molar-refractivity contribution in [3.63, 3.8) is 0 Å². The molecule has 0 aliphatic carbocycles. The Morgan fingerprint density at radius 2 is 1.94 bits per heavy atom. The van der Waals surface area contributed by atoms with Gasteiger partial charge in [-0.3, -0.25) is 4.79 Å². The number of anilines is 2. The maximum Gasteiger partial charge on any atom is 0.229 e. The van der Waals surface area contributed by atoms with Crippen molar-refractivity contribution in [1.82, 2.24) is 20.4 Å². The van der Waals surface area contributed by atoms with E-state index in [0.717, 1.165) is 67.0 Å². The monoisotopic (exact) mass is 466 g/mol. The van der Waals surface area contributed by atoms with Crippen LogP contribution in [-0.2, 0) is 24.1 Å². The third kappa shape index (κ3) is 8.97. The van der Waals surface area contributed by atoms with Gasteiger partial charge in [0.25, 0.3) is 0 Å². The lowest BCUT2D eigenvalue weighted by Crippen LogP contribution is -2.16. The van der Waals surface area contributed by atoms with Crippen LogP contribution in [-0.4, -0.2) is 32.9 Å². The summed E-state index contributed by atoms with van der Waals surface area (Å²) >= 11 is 1.43. The second-order valence-electron chi connectivity index (χ2n) is 7.66. The molecule has 9 heteroatoms. The Morgan fingerprint density at radius 3 is 2.70 bits per heavy atom. The first kappa shape index (κ1) is 24.3. The Hall–Kier alpha value is -3.33. The molecule has 3 rings (SSSR count). The first-order chi connectivity index (χ1) is 16.1. The number of allylic oxidation sites excluding steroid dienone is 1. The summed E-state index contributed by atoms with van der Waals surface area (Å²) in [6.45, 7) is 4.38. The minimum atomic E-state index is -0.142. The summed E-state index contributed by atoms with van der Waals surface area (Å²) in [7, 11) is 0. The maximum absolute atomic E-state index is 12.4. The van der Waals surface area contributed by atoms with Crippen LogP contribution >= 0.6 is 11.3 Å². The minimum absolute atomic E-state index is 0.142. The summed E-state index contributed by atoms with van der Waals surface area (Å²) in [6, 6.07) is 11.3. The molecule has 8 nitrogen and oxygen atoms in total. The zero-order chi connectivity index (χ0) is 23.3. The SMILES string of the molecule is C=CCCCCOc1cccc(CC(=O)Nc2ccc(CCCCc3nnc(N)s3)nn2)c1. The highest BCUT2D eigenvalue weighted by Crippen LogP contribution is 2.16. The third-order valence-electron chi connectivity index (χ3n) is 4.88. The molecule has 174 valence electrons. The molecule has 33 heavy (non-hydrogen) atoms. The largest absolute Gasteiger partial charge is 0.494 e. The quantitative estimate of drug-likeness (QED) is 0.267. The number of carbonyl (C=O) groups is 1. The van der Waals surface area contributed by atoms with E-state index >= 15 is 0 Å². The molecule has 1 aromatic carbocycles. The third-order valence-corrected chi connectivity index (χ3v) is 5.69. The molecule has 0 unspecified atom stereocenters. The number of hydrogen-bond donors (Lipinski definition) is 2. The van der Waals surface area contributed by atoms with Crippen molar-refractivity contribution >= 4 is 28.2 Å². The highest BCUT2D eigenvalue weighted by Gasteiger charge is 2.08. The number of nitrogen functional groups attached to an aromatic ring is 1. The zero-order valence-corrected chi connectivity index (χ0v) is 19.5. The summed E-state index contributed by atoms with van der Waals surface area (Å²) < 4.78 is 5.77. The van der Waals surface area contributed by atoms with Gasteiger partial charge in [0, 0.05) is 6.42 Å². The molecule has 3 aromatic rings. The molecule has 0 saturated heterocycles. The van der Waals surface area contributed by atoms with Crippen LogP contribution in [0.25, 0.3) is 0 Å². The minimum Gasteiger partial charge on any atom is -0.494 e. The fourth-order valence-corrected chi connectivity index (χ4v) is 3.86. The van der Waals surface area contributed by atoms with Gasteiger partial charge in [-0.2, -0.15) is 5.10 Å². The topological polar surface area (TPSA) is 116 Å². The van der Waals surface area contributed by atoms with Crippen molar-refractivity contribution in [2.45, 2.75) is 51.4 Å². The van der Waals surface area contributed by atoms with E-state index in [1.807, 2.05) is 36.4 Å². The average Bonchev–Trinajstić information content (AvgIpc) is 3.23. The van der Waals surface area contributed by atoms with Gasteiger partial charge in [0.15, 0.2) is 5.82 Å². The standard InChI is InChI=1S/C24H30N6O2S/c1-2-3-4-7-15-32-20-11-8-9-18(16-20)17-22(31)26-21-14-13-19(27-28-21)10-5-6-12-23-29-30-24(25)33-23/h2,8-9,11,13-14,16H,1,3-7,10,12,15,17H2,(H2,25,30)(H,26,28,31). The molecular weight excluding hydrogens is 436 g/mol. The summed E-state index contributed by atoms with van der Waals surface area (Å²) in [5.74, 6) is 1.08. The molecule has 0 fully saturated rings. The molecule has 0 aliphatic heterocycles. The second-order valence-corrected chi connectivity index (χ2v) is 8.75. The van der Waals surface area contributed by atoms with Crippen LogP contribution in [0.2, 0.25) is 0 Å². The molecule has 2 heterocycles. The van der Waals surface area contributed by atoms with Crippen molar-refractivity contribution in [2.24, 2.45) is 0 Å². The number of nitrogens with two attached hydrogens (primary N) is 1. The lowest BCUT2D eigenvalue weighted by molar-refractivity contribution is -0.115. The molecular formula is C24H30N6O2S. The lowest BCUT2D eigenvalue weighted by atomic mass is 10.1. The van der Waals surface area contributed by atoms with Crippen molar-refractivity contribution in [2.75, 3.05) is 17.7 Å². The molecule has 1 amide bonds. The van der Waals surface area contributed by atoms with Gasteiger partial charge in [0.05, 0.1) is 18.7 Å². The predicted octanol–water partition coefficient (Wildman–Crippen LogP) is 4.39. The fraction of sp³-hybridized carbons (Fsp3) is 0.375. The number of amides is 1. The highest BCUT2D eigenvalue weighted by molar-refractivity contribution is 7.15. The molecule has 0 radical (unpaired) electrons. The summed E-state index contributed by atoms with van der Waals surface area (Å²) in [5.41, 5.74) is 7.37. The van der Waals surface area contributed by atoms with Crippen molar-refractivity contribution in [1.29, 1.82) is 0 Å². The van der Waals surface area contributed by atoms with Crippen molar-refractivity contribution in [3.05, 3.63) is 65.3 Å². The Morgan fingerprint density at radius 1 is 1.06 bits per heavy atom. The number of nitrogens with zero attached hydrogens (tertiary/aromatic N) is 4. The van der Waals surface area contributed by atoms with Crippen LogP contribution in [0.4, 0.5) is 10.9 Å². The lowest BCUT2D eigenvalue weighted by Gasteiger charge is -2.08. The normalized spacial score (nSPS) is 10.7. The van der Waals surface area contributed by atoms with Gasteiger partial charge in [-0.25, -0.2) is 0 Å². The van der Waals surface area contributed by atoms with E-state index in [-0.39, 0.29) is 12.3 Å². The van der Waals surface area contributed by atoms with Crippen LogP contribution in [0, 0.1) is 0 Å². The Bertz CT molecular complexity index is 1020. The molecule has 0 saturated carbocycles. The molecule has 0 aliphatic rings. The van der Waals surface area contributed by atoms with E-state index < -0.39 is 0 Å². The van der Waals surface area contributed by atoms with E-state index in [2.05, 4.69) is 32.3 Å². The molecule has 0 atom stereocenters. The van der Waals surface area contributed by atoms with Gasteiger partial charge in [0.1, 0.15) is 10.8 Å². The molecule has 0 spiro atoms. The summed E-state index contributed by atoms with van der Waals surface area (Å²) in [5, 5.41) is 20.5. The number of benzene rings is 1. The maximum atomic E-state index is 12.4. The van der Waals surface area contributed by atoms with Gasteiger partial charge >= 0.3 is 0 Å². The molecule has 3 N–H and O–H groups in total. The Balaban J connectivity index is 1.38. The Labute approximate surface area is 198 Å². The number of unbranched alkanes of at least 4 members (excludes halogenated alkanes) is 3. The molecule has 0 bridgehead atoms. The Kier molecular flexibility index (Phi) is 9.78. The van der Waals surface area contributed by atoms with Crippen molar-refractivity contribution < 1.29 is 9.53 Å². The van der Waals surface area contributed by atoms with E-state index in [1.54, 1.807) is 6.07 Å². The van der Waals surface area contributed by atoms with Crippen LogP contribution in [0.5, 0.6) is 5.75 Å². The zero-order valence-electron chi connectivity index (χ0n) is 18.7. The highest BCUT2D eigenvalue weighted by atomic mass is 32.1. The first-order valence-electron chi connectivity index (χ1n) is 11.2. The van der Waals surface area contributed by atoms with E-state index in [0.29, 0.717) is 17.6 Å². The number of aryl methyl sites for hydroxylation is 2. The van der Waals surface area contributed by atoms with Crippen LogP contribution in [0.1, 0.15) is 48.4 Å². The van der Waals surface area contributed by atoms with Crippen LogP contribution < -0.4 is 15.8 Å². The number of aromatic nitrogens is 4. The second kappa shape index (κ2) is 13.3. The van der Waals surface area contributed by atoms with Gasteiger partial charge < -0.3 is 15.8 Å². The van der Waals surface area contributed by atoms with Gasteiger partial charge in [-0.15, -0.1) is 21.9 Å². The van der Waals surface area contributed by atoms with Gasteiger partial charge in [0.2, 0.25) is 11.0 Å². The summed E-state index contributed by atoms with van der Waals surface area (Å²) in [4.78, 5) is 12.4.